The highest BCUT2D eigenvalue weighted by atomic mass is 15.3. The summed E-state index contributed by atoms with van der Waals surface area (Å²) in [6.07, 6.45) is 10.4. The van der Waals surface area contributed by atoms with E-state index in [1.807, 2.05) is 35.1 Å². The quantitative estimate of drug-likeness (QED) is 0.599. The molecular weight excluding hydrogens is 234 g/mol. The molecule has 3 heteroatoms. The van der Waals surface area contributed by atoms with E-state index in [0.29, 0.717) is 0 Å². The molecule has 1 heterocycles. The number of nitrogens with two attached hydrogens (primary N) is 1. The van der Waals surface area contributed by atoms with E-state index in [4.69, 9.17) is 5.73 Å². The number of aromatic nitrogens is 2. The summed E-state index contributed by atoms with van der Waals surface area (Å²) in [4.78, 5) is 0. The zero-order valence-electron chi connectivity index (χ0n) is 11.7. The molecule has 0 bridgehead atoms. The van der Waals surface area contributed by atoms with Crippen molar-refractivity contribution in [1.82, 2.24) is 9.78 Å². The molecule has 0 amide bonds. The first-order valence-corrected chi connectivity index (χ1v) is 7.18. The second-order valence-electron chi connectivity index (χ2n) is 4.99. The summed E-state index contributed by atoms with van der Waals surface area (Å²) in [5.41, 5.74) is 8.96. The summed E-state index contributed by atoms with van der Waals surface area (Å²) in [6, 6.07) is 7.93. The number of anilines is 1. The van der Waals surface area contributed by atoms with Crippen LogP contribution in [0.25, 0.3) is 11.1 Å². The van der Waals surface area contributed by atoms with Crippen LogP contribution >= 0.6 is 0 Å². The molecule has 2 rings (SSSR count). The molecule has 0 saturated carbocycles. The van der Waals surface area contributed by atoms with E-state index in [2.05, 4.69) is 18.2 Å². The first-order valence-electron chi connectivity index (χ1n) is 7.18. The lowest BCUT2D eigenvalue weighted by Crippen LogP contribution is -1.97. The van der Waals surface area contributed by atoms with E-state index in [-0.39, 0.29) is 0 Å². The topological polar surface area (TPSA) is 43.8 Å². The predicted octanol–water partition coefficient (Wildman–Crippen LogP) is 4.10. The Morgan fingerprint density at radius 3 is 2.68 bits per heavy atom. The lowest BCUT2D eigenvalue weighted by molar-refractivity contribution is 0.533. The molecule has 0 aliphatic rings. The van der Waals surface area contributed by atoms with Gasteiger partial charge in [-0.15, -0.1) is 0 Å². The van der Waals surface area contributed by atoms with Crippen LogP contribution in [0.15, 0.2) is 36.7 Å². The van der Waals surface area contributed by atoms with Gasteiger partial charge in [0.05, 0.1) is 6.20 Å². The molecule has 0 spiro atoms. The van der Waals surface area contributed by atoms with Crippen LogP contribution < -0.4 is 5.73 Å². The van der Waals surface area contributed by atoms with Gasteiger partial charge in [0.25, 0.3) is 0 Å². The van der Waals surface area contributed by atoms with Gasteiger partial charge < -0.3 is 5.73 Å². The molecule has 0 fully saturated rings. The number of benzene rings is 1. The van der Waals surface area contributed by atoms with Crippen molar-refractivity contribution < 1.29 is 0 Å². The standard InChI is InChI=1S/C16H23N3/c1-2-3-4-5-8-11-19-13-14(12-18-19)15-9-6-7-10-16(15)17/h6-7,9-10,12-13H,2-5,8,11,17H2,1H3. The summed E-state index contributed by atoms with van der Waals surface area (Å²) in [7, 11) is 0. The molecule has 0 unspecified atom stereocenters. The fourth-order valence-corrected chi connectivity index (χ4v) is 2.26. The molecule has 2 aromatic rings. The number of para-hydroxylation sites is 1. The van der Waals surface area contributed by atoms with Gasteiger partial charge in [-0.05, 0) is 12.5 Å². The SMILES string of the molecule is CCCCCCCn1cc(-c2ccccc2N)cn1. The van der Waals surface area contributed by atoms with E-state index in [1.54, 1.807) is 0 Å². The number of aryl methyl sites for hydroxylation is 1. The maximum atomic E-state index is 5.98. The zero-order valence-corrected chi connectivity index (χ0v) is 11.7. The lowest BCUT2D eigenvalue weighted by Gasteiger charge is -2.02. The van der Waals surface area contributed by atoms with Crippen LogP contribution in [-0.2, 0) is 6.54 Å². The molecule has 0 radical (unpaired) electrons. The Morgan fingerprint density at radius 1 is 1.11 bits per heavy atom. The van der Waals surface area contributed by atoms with Gasteiger partial charge >= 0.3 is 0 Å². The summed E-state index contributed by atoms with van der Waals surface area (Å²) in [5.74, 6) is 0. The van der Waals surface area contributed by atoms with E-state index in [0.717, 1.165) is 23.4 Å². The largest absolute Gasteiger partial charge is 0.398 e. The van der Waals surface area contributed by atoms with Crippen molar-refractivity contribution in [2.45, 2.75) is 45.6 Å². The molecule has 1 aromatic heterocycles. The Kier molecular flexibility index (Phi) is 5.01. The molecule has 0 aliphatic heterocycles. The smallest absolute Gasteiger partial charge is 0.0569 e. The molecule has 0 atom stereocenters. The van der Waals surface area contributed by atoms with Crippen LogP contribution in [0.2, 0.25) is 0 Å². The van der Waals surface area contributed by atoms with Crippen molar-refractivity contribution in [3.8, 4) is 11.1 Å². The van der Waals surface area contributed by atoms with Crippen molar-refractivity contribution in [3.63, 3.8) is 0 Å². The average Bonchev–Trinajstić information content (AvgIpc) is 2.88. The normalized spacial score (nSPS) is 10.8. The van der Waals surface area contributed by atoms with Crippen molar-refractivity contribution >= 4 is 5.69 Å². The van der Waals surface area contributed by atoms with Gasteiger partial charge in [-0.2, -0.15) is 5.10 Å². The minimum Gasteiger partial charge on any atom is -0.398 e. The van der Waals surface area contributed by atoms with Gasteiger partial charge in [0, 0.05) is 29.6 Å². The zero-order chi connectivity index (χ0) is 13.5. The third kappa shape index (κ3) is 3.85. The monoisotopic (exact) mass is 257 g/mol. The minimum absolute atomic E-state index is 0.810. The summed E-state index contributed by atoms with van der Waals surface area (Å²) >= 11 is 0. The Balaban J connectivity index is 1.91. The van der Waals surface area contributed by atoms with Gasteiger partial charge in [0.15, 0.2) is 0 Å². The van der Waals surface area contributed by atoms with E-state index in [9.17, 15) is 0 Å². The number of hydrogen-bond acceptors (Lipinski definition) is 2. The summed E-state index contributed by atoms with van der Waals surface area (Å²) < 4.78 is 2.02. The predicted molar refractivity (Wildman–Crippen MR) is 80.8 cm³/mol. The number of unbranched alkanes of at least 4 members (excludes halogenated alkanes) is 4. The molecule has 3 nitrogen and oxygen atoms in total. The summed E-state index contributed by atoms with van der Waals surface area (Å²) in [6.45, 7) is 3.24. The Morgan fingerprint density at radius 2 is 1.89 bits per heavy atom. The second-order valence-corrected chi connectivity index (χ2v) is 4.99. The van der Waals surface area contributed by atoms with Crippen LogP contribution in [0, 0.1) is 0 Å². The Hall–Kier alpha value is -1.77. The average molecular weight is 257 g/mol. The third-order valence-corrected chi connectivity index (χ3v) is 3.40. The first-order chi connectivity index (χ1) is 9.31. The van der Waals surface area contributed by atoms with Crippen molar-refractivity contribution in [2.75, 3.05) is 5.73 Å². The highest BCUT2D eigenvalue weighted by Crippen LogP contribution is 2.24. The third-order valence-electron chi connectivity index (χ3n) is 3.40. The van der Waals surface area contributed by atoms with Crippen molar-refractivity contribution in [3.05, 3.63) is 36.7 Å². The van der Waals surface area contributed by atoms with Gasteiger partial charge in [0.2, 0.25) is 0 Å². The molecule has 19 heavy (non-hydrogen) atoms. The van der Waals surface area contributed by atoms with Crippen molar-refractivity contribution in [1.29, 1.82) is 0 Å². The minimum atomic E-state index is 0.810. The molecule has 102 valence electrons. The van der Waals surface area contributed by atoms with Crippen LogP contribution in [-0.4, -0.2) is 9.78 Å². The fraction of sp³-hybridized carbons (Fsp3) is 0.438. The van der Waals surface area contributed by atoms with Gasteiger partial charge in [-0.3, -0.25) is 4.68 Å². The molecule has 1 aromatic carbocycles. The molecule has 0 saturated heterocycles. The van der Waals surface area contributed by atoms with Gasteiger partial charge in [-0.1, -0.05) is 50.8 Å². The van der Waals surface area contributed by atoms with E-state index in [1.165, 1.54) is 32.1 Å². The number of nitrogen functional groups attached to an aromatic ring is 1. The number of rotatable bonds is 7. The summed E-state index contributed by atoms with van der Waals surface area (Å²) in [5, 5.41) is 4.41. The highest BCUT2D eigenvalue weighted by Gasteiger charge is 2.04. The maximum absolute atomic E-state index is 5.98. The van der Waals surface area contributed by atoms with Crippen LogP contribution in [0.5, 0.6) is 0 Å². The highest BCUT2D eigenvalue weighted by molar-refractivity contribution is 5.75. The van der Waals surface area contributed by atoms with Crippen molar-refractivity contribution in [2.24, 2.45) is 0 Å². The van der Waals surface area contributed by atoms with E-state index < -0.39 is 0 Å². The van der Waals surface area contributed by atoms with Crippen LogP contribution in [0.3, 0.4) is 0 Å². The lowest BCUT2D eigenvalue weighted by atomic mass is 10.1. The van der Waals surface area contributed by atoms with Crippen LogP contribution in [0.4, 0.5) is 5.69 Å². The first kappa shape index (κ1) is 13.7. The Labute approximate surface area is 115 Å². The number of nitrogens with zero attached hydrogens (tertiary/aromatic N) is 2. The fourth-order valence-electron chi connectivity index (χ4n) is 2.26. The van der Waals surface area contributed by atoms with Crippen LogP contribution in [0.1, 0.15) is 39.0 Å². The number of hydrogen-bond donors (Lipinski definition) is 1. The molecular formula is C16H23N3. The maximum Gasteiger partial charge on any atom is 0.0569 e. The molecule has 2 N–H and O–H groups in total. The van der Waals surface area contributed by atoms with E-state index >= 15 is 0 Å². The van der Waals surface area contributed by atoms with Gasteiger partial charge in [-0.25, -0.2) is 0 Å². The second kappa shape index (κ2) is 6.98. The molecule has 0 aliphatic carbocycles. The Bertz CT molecular complexity index is 502. The van der Waals surface area contributed by atoms with Gasteiger partial charge in [0.1, 0.15) is 0 Å².